The molecule has 5 nitrogen and oxygen atoms in total. The molecule has 0 aliphatic carbocycles. The van der Waals surface area contributed by atoms with Crippen molar-refractivity contribution >= 4 is 15.8 Å². The van der Waals surface area contributed by atoms with E-state index in [-0.39, 0.29) is 23.2 Å². The van der Waals surface area contributed by atoms with Crippen LogP contribution in [0.1, 0.15) is 12.0 Å². The van der Waals surface area contributed by atoms with Crippen LogP contribution in [0.25, 0.3) is 0 Å². The predicted octanol–water partition coefficient (Wildman–Crippen LogP) is 0.968. The normalized spacial score (nSPS) is 20.8. The summed E-state index contributed by atoms with van der Waals surface area (Å²) in [7, 11) is -1.17. The largest absolute Gasteiger partial charge is 0.356 e. The monoisotopic (exact) mass is 327 g/mol. The molecule has 1 fully saturated rings. The highest BCUT2D eigenvalue weighted by Gasteiger charge is 2.27. The van der Waals surface area contributed by atoms with Gasteiger partial charge in [-0.1, -0.05) is 12.1 Å². The number of guanidine groups is 1. The van der Waals surface area contributed by atoms with E-state index >= 15 is 0 Å². The molecule has 0 radical (unpaired) electrons. The first-order valence-corrected chi connectivity index (χ1v) is 9.20. The second kappa shape index (κ2) is 7.58. The molecule has 1 heterocycles. The van der Waals surface area contributed by atoms with Gasteiger partial charge in [0.1, 0.15) is 5.82 Å². The third-order valence-electron chi connectivity index (χ3n) is 3.70. The molecule has 0 spiro atoms. The minimum absolute atomic E-state index is 0.145. The lowest BCUT2D eigenvalue weighted by Gasteiger charge is -2.14. The standard InChI is InChI=1S/C15H22FN3O2S/c1-17-15(19-10-13-6-8-22(20,21)11-13)18-7-5-12-3-2-4-14(16)9-12/h2-4,9,13H,5-8,10-11H2,1H3,(H2,17,18,19). The van der Waals surface area contributed by atoms with Gasteiger partial charge in [0.05, 0.1) is 11.5 Å². The Bertz CT molecular complexity index is 631. The van der Waals surface area contributed by atoms with Crippen LogP contribution in [0.3, 0.4) is 0 Å². The summed E-state index contributed by atoms with van der Waals surface area (Å²) in [6.45, 7) is 1.23. The van der Waals surface area contributed by atoms with Crippen LogP contribution in [-0.4, -0.2) is 46.0 Å². The third-order valence-corrected chi connectivity index (χ3v) is 5.54. The topological polar surface area (TPSA) is 70.6 Å². The average molecular weight is 327 g/mol. The molecule has 0 amide bonds. The van der Waals surface area contributed by atoms with Crippen molar-refractivity contribution in [3.8, 4) is 0 Å². The molecule has 7 heteroatoms. The number of nitrogens with zero attached hydrogens (tertiary/aromatic N) is 1. The highest BCUT2D eigenvalue weighted by atomic mass is 32.2. The van der Waals surface area contributed by atoms with E-state index in [1.165, 1.54) is 12.1 Å². The number of sulfone groups is 1. The smallest absolute Gasteiger partial charge is 0.190 e. The molecule has 1 aliphatic heterocycles. The lowest BCUT2D eigenvalue weighted by molar-refractivity contribution is 0.567. The van der Waals surface area contributed by atoms with E-state index in [9.17, 15) is 12.8 Å². The second-order valence-electron chi connectivity index (χ2n) is 5.53. The van der Waals surface area contributed by atoms with Crippen molar-refractivity contribution in [2.45, 2.75) is 12.8 Å². The number of hydrogen-bond donors (Lipinski definition) is 2. The Morgan fingerprint density at radius 2 is 2.23 bits per heavy atom. The Morgan fingerprint density at radius 1 is 1.41 bits per heavy atom. The Balaban J connectivity index is 1.71. The van der Waals surface area contributed by atoms with Crippen LogP contribution in [0.2, 0.25) is 0 Å². The molecule has 2 N–H and O–H groups in total. The van der Waals surface area contributed by atoms with Crippen LogP contribution in [0.15, 0.2) is 29.3 Å². The molecule has 1 aliphatic rings. The number of halogens is 1. The van der Waals surface area contributed by atoms with Crippen LogP contribution in [0.4, 0.5) is 4.39 Å². The van der Waals surface area contributed by atoms with Gasteiger partial charge in [-0.05, 0) is 36.5 Å². The SMILES string of the molecule is CN=C(NCCc1cccc(F)c1)NCC1CCS(=O)(=O)C1. The van der Waals surface area contributed by atoms with Crippen molar-refractivity contribution in [3.05, 3.63) is 35.6 Å². The van der Waals surface area contributed by atoms with Gasteiger partial charge in [-0.25, -0.2) is 12.8 Å². The quantitative estimate of drug-likeness (QED) is 0.624. The van der Waals surface area contributed by atoms with Gasteiger partial charge in [0.15, 0.2) is 15.8 Å². The number of nitrogens with one attached hydrogen (secondary N) is 2. The highest BCUT2D eigenvalue weighted by molar-refractivity contribution is 7.91. The minimum atomic E-state index is -2.84. The van der Waals surface area contributed by atoms with E-state index in [2.05, 4.69) is 15.6 Å². The fourth-order valence-corrected chi connectivity index (χ4v) is 4.37. The van der Waals surface area contributed by atoms with E-state index in [0.717, 1.165) is 5.56 Å². The molecule has 22 heavy (non-hydrogen) atoms. The summed E-state index contributed by atoms with van der Waals surface area (Å²) in [5.74, 6) is 1.08. The Morgan fingerprint density at radius 3 is 2.86 bits per heavy atom. The molecule has 1 unspecified atom stereocenters. The predicted molar refractivity (Wildman–Crippen MR) is 86.2 cm³/mol. The molecule has 2 rings (SSSR count). The first-order chi connectivity index (χ1) is 10.5. The van der Waals surface area contributed by atoms with E-state index in [4.69, 9.17) is 0 Å². The molecule has 0 saturated carbocycles. The summed E-state index contributed by atoms with van der Waals surface area (Å²) in [4.78, 5) is 4.11. The zero-order valence-corrected chi connectivity index (χ0v) is 13.5. The average Bonchev–Trinajstić information content (AvgIpc) is 2.82. The summed E-state index contributed by atoms with van der Waals surface area (Å²) < 4.78 is 35.9. The number of aliphatic imine (C=N–C) groups is 1. The van der Waals surface area contributed by atoms with Crippen molar-refractivity contribution < 1.29 is 12.8 Å². The van der Waals surface area contributed by atoms with Gasteiger partial charge in [0.25, 0.3) is 0 Å². The van der Waals surface area contributed by atoms with Crippen molar-refractivity contribution in [3.63, 3.8) is 0 Å². The molecule has 122 valence electrons. The minimum Gasteiger partial charge on any atom is -0.356 e. The summed E-state index contributed by atoms with van der Waals surface area (Å²) in [5, 5.41) is 6.30. The van der Waals surface area contributed by atoms with Gasteiger partial charge in [-0.3, -0.25) is 4.99 Å². The van der Waals surface area contributed by atoms with Crippen LogP contribution in [0, 0.1) is 11.7 Å². The number of hydrogen-bond acceptors (Lipinski definition) is 3. The summed E-state index contributed by atoms with van der Waals surface area (Å²) in [5.41, 5.74) is 0.921. The summed E-state index contributed by atoms with van der Waals surface area (Å²) in [6, 6.07) is 6.51. The van der Waals surface area contributed by atoms with Crippen LogP contribution in [-0.2, 0) is 16.3 Å². The molecule has 0 aromatic heterocycles. The number of benzene rings is 1. The lowest BCUT2D eigenvalue weighted by Crippen LogP contribution is -2.40. The zero-order chi connectivity index (χ0) is 16.0. The van der Waals surface area contributed by atoms with Gasteiger partial charge in [0, 0.05) is 20.1 Å². The fourth-order valence-electron chi connectivity index (χ4n) is 2.51. The molecule has 1 aromatic carbocycles. The van der Waals surface area contributed by atoms with Crippen LogP contribution in [0.5, 0.6) is 0 Å². The van der Waals surface area contributed by atoms with Crippen molar-refractivity contribution in [1.82, 2.24) is 10.6 Å². The van der Waals surface area contributed by atoms with E-state index in [1.807, 2.05) is 6.07 Å². The van der Waals surface area contributed by atoms with Crippen molar-refractivity contribution in [2.24, 2.45) is 10.9 Å². The third kappa shape index (κ3) is 5.29. The maximum atomic E-state index is 13.1. The van der Waals surface area contributed by atoms with Crippen LogP contribution < -0.4 is 10.6 Å². The Labute approximate surface area is 130 Å². The summed E-state index contributed by atoms with van der Waals surface area (Å²) in [6.07, 6.45) is 1.39. The van der Waals surface area contributed by atoms with E-state index < -0.39 is 9.84 Å². The van der Waals surface area contributed by atoms with Crippen molar-refractivity contribution in [1.29, 1.82) is 0 Å². The molecule has 1 saturated heterocycles. The fraction of sp³-hybridized carbons (Fsp3) is 0.533. The molecule has 0 bridgehead atoms. The van der Waals surface area contributed by atoms with Gasteiger partial charge < -0.3 is 10.6 Å². The second-order valence-corrected chi connectivity index (χ2v) is 7.76. The first-order valence-electron chi connectivity index (χ1n) is 7.38. The maximum absolute atomic E-state index is 13.1. The van der Waals surface area contributed by atoms with Gasteiger partial charge in [-0.2, -0.15) is 0 Å². The highest BCUT2D eigenvalue weighted by Crippen LogP contribution is 2.17. The summed E-state index contributed by atoms with van der Waals surface area (Å²) >= 11 is 0. The molecular weight excluding hydrogens is 305 g/mol. The molecule has 1 atom stereocenters. The van der Waals surface area contributed by atoms with Gasteiger partial charge >= 0.3 is 0 Å². The van der Waals surface area contributed by atoms with Crippen molar-refractivity contribution in [2.75, 3.05) is 31.6 Å². The number of rotatable bonds is 5. The zero-order valence-electron chi connectivity index (χ0n) is 12.7. The van der Waals surface area contributed by atoms with Gasteiger partial charge in [0.2, 0.25) is 0 Å². The van der Waals surface area contributed by atoms with Gasteiger partial charge in [-0.15, -0.1) is 0 Å². The van der Waals surface area contributed by atoms with E-state index in [0.29, 0.717) is 31.9 Å². The Hall–Kier alpha value is -1.63. The van der Waals surface area contributed by atoms with E-state index in [1.54, 1.807) is 13.1 Å². The molecular formula is C15H22FN3O2S. The first kappa shape index (κ1) is 16.7. The Kier molecular flexibility index (Phi) is 5.76. The maximum Gasteiger partial charge on any atom is 0.190 e. The lowest BCUT2D eigenvalue weighted by atomic mass is 10.1. The van der Waals surface area contributed by atoms with Crippen LogP contribution >= 0.6 is 0 Å². The molecule has 1 aromatic rings.